The summed E-state index contributed by atoms with van der Waals surface area (Å²) in [6.45, 7) is 5.74. The second-order valence-electron chi connectivity index (χ2n) is 3.20. The van der Waals surface area contributed by atoms with E-state index in [2.05, 4.69) is 24.5 Å². The minimum Gasteiger partial charge on any atom is -0.358 e. The van der Waals surface area contributed by atoms with E-state index >= 15 is 0 Å². The predicted octanol–water partition coefficient (Wildman–Crippen LogP) is 0.758. The molecule has 0 rings (SSSR count). The highest BCUT2D eigenvalue weighted by Crippen LogP contribution is 2.01. The second kappa shape index (κ2) is 7.10. The zero-order valence-corrected chi connectivity index (χ0v) is 8.31. The van der Waals surface area contributed by atoms with Crippen molar-refractivity contribution in [3.8, 4) is 0 Å². The SMILES string of the molecule is CCCC(C)CNCC(=O)NC. The molecule has 0 saturated carbocycles. The third kappa shape index (κ3) is 6.16. The van der Waals surface area contributed by atoms with Crippen LogP contribution in [0, 0.1) is 5.92 Å². The highest BCUT2D eigenvalue weighted by atomic mass is 16.1. The van der Waals surface area contributed by atoms with Gasteiger partial charge >= 0.3 is 0 Å². The van der Waals surface area contributed by atoms with Crippen LogP contribution in [0.15, 0.2) is 0 Å². The maximum atomic E-state index is 10.8. The predicted molar refractivity (Wildman–Crippen MR) is 51.0 cm³/mol. The van der Waals surface area contributed by atoms with E-state index in [0.717, 1.165) is 6.54 Å². The van der Waals surface area contributed by atoms with Crippen LogP contribution in [0.2, 0.25) is 0 Å². The van der Waals surface area contributed by atoms with E-state index in [4.69, 9.17) is 0 Å². The molecule has 0 aliphatic carbocycles. The minimum atomic E-state index is 0.0544. The topological polar surface area (TPSA) is 41.1 Å². The van der Waals surface area contributed by atoms with Gasteiger partial charge in [-0.05, 0) is 18.9 Å². The van der Waals surface area contributed by atoms with Gasteiger partial charge in [0.05, 0.1) is 6.54 Å². The van der Waals surface area contributed by atoms with E-state index < -0.39 is 0 Å². The van der Waals surface area contributed by atoms with Gasteiger partial charge in [0.1, 0.15) is 0 Å². The van der Waals surface area contributed by atoms with Crippen molar-refractivity contribution in [1.82, 2.24) is 10.6 Å². The lowest BCUT2D eigenvalue weighted by Gasteiger charge is -2.10. The van der Waals surface area contributed by atoms with Gasteiger partial charge in [0.15, 0.2) is 0 Å². The Kier molecular flexibility index (Phi) is 6.76. The van der Waals surface area contributed by atoms with Gasteiger partial charge in [0.2, 0.25) is 5.91 Å². The number of nitrogens with one attached hydrogen (secondary N) is 2. The van der Waals surface area contributed by atoms with Crippen LogP contribution in [-0.4, -0.2) is 26.0 Å². The molecule has 3 heteroatoms. The van der Waals surface area contributed by atoms with Crippen LogP contribution >= 0.6 is 0 Å². The summed E-state index contributed by atoms with van der Waals surface area (Å²) in [4.78, 5) is 10.8. The molecule has 1 amide bonds. The molecular formula is C9H20N2O. The number of carbonyl (C=O) groups is 1. The summed E-state index contributed by atoms with van der Waals surface area (Å²) in [6.07, 6.45) is 2.43. The normalized spacial score (nSPS) is 12.6. The summed E-state index contributed by atoms with van der Waals surface area (Å²) >= 11 is 0. The monoisotopic (exact) mass is 172 g/mol. The van der Waals surface area contributed by atoms with Gasteiger partial charge in [-0.2, -0.15) is 0 Å². The largest absolute Gasteiger partial charge is 0.358 e. The van der Waals surface area contributed by atoms with Gasteiger partial charge in [-0.25, -0.2) is 0 Å². The first-order valence-corrected chi connectivity index (χ1v) is 4.62. The van der Waals surface area contributed by atoms with Crippen molar-refractivity contribution in [2.75, 3.05) is 20.1 Å². The van der Waals surface area contributed by atoms with E-state index in [-0.39, 0.29) is 5.91 Å². The van der Waals surface area contributed by atoms with Gasteiger partial charge in [-0.15, -0.1) is 0 Å². The Morgan fingerprint density at radius 1 is 1.50 bits per heavy atom. The summed E-state index contributed by atoms with van der Waals surface area (Å²) in [5.74, 6) is 0.721. The first-order valence-electron chi connectivity index (χ1n) is 4.62. The second-order valence-corrected chi connectivity index (χ2v) is 3.20. The molecule has 0 aliphatic heterocycles. The Bertz CT molecular complexity index is 126. The molecular weight excluding hydrogens is 152 g/mol. The fourth-order valence-electron chi connectivity index (χ4n) is 1.12. The summed E-state index contributed by atoms with van der Waals surface area (Å²) in [6, 6.07) is 0. The third-order valence-electron chi connectivity index (χ3n) is 1.84. The molecule has 1 unspecified atom stereocenters. The fraction of sp³-hybridized carbons (Fsp3) is 0.889. The van der Waals surface area contributed by atoms with Crippen molar-refractivity contribution >= 4 is 5.91 Å². The molecule has 72 valence electrons. The van der Waals surface area contributed by atoms with Gasteiger partial charge in [0.25, 0.3) is 0 Å². The molecule has 0 aliphatic rings. The summed E-state index contributed by atoms with van der Waals surface area (Å²) < 4.78 is 0. The molecule has 0 spiro atoms. The van der Waals surface area contributed by atoms with Crippen LogP contribution in [0.5, 0.6) is 0 Å². The van der Waals surface area contributed by atoms with Crippen LogP contribution in [0.3, 0.4) is 0 Å². The zero-order valence-electron chi connectivity index (χ0n) is 8.31. The molecule has 0 aromatic heterocycles. The van der Waals surface area contributed by atoms with E-state index in [0.29, 0.717) is 12.5 Å². The Morgan fingerprint density at radius 3 is 2.67 bits per heavy atom. The molecule has 1 atom stereocenters. The van der Waals surface area contributed by atoms with Crippen LogP contribution in [-0.2, 0) is 4.79 Å². The summed E-state index contributed by atoms with van der Waals surface area (Å²) in [5, 5.41) is 5.68. The van der Waals surface area contributed by atoms with Crippen LogP contribution in [0.1, 0.15) is 26.7 Å². The van der Waals surface area contributed by atoms with E-state index in [1.807, 2.05) is 0 Å². The van der Waals surface area contributed by atoms with E-state index in [1.165, 1.54) is 12.8 Å². The van der Waals surface area contributed by atoms with Gasteiger partial charge in [0, 0.05) is 7.05 Å². The maximum absolute atomic E-state index is 10.8. The van der Waals surface area contributed by atoms with Crippen molar-refractivity contribution in [3.05, 3.63) is 0 Å². The first kappa shape index (κ1) is 11.4. The van der Waals surface area contributed by atoms with Gasteiger partial charge < -0.3 is 10.6 Å². The third-order valence-corrected chi connectivity index (χ3v) is 1.84. The van der Waals surface area contributed by atoms with Crippen molar-refractivity contribution < 1.29 is 4.79 Å². The van der Waals surface area contributed by atoms with Gasteiger partial charge in [-0.3, -0.25) is 4.79 Å². The van der Waals surface area contributed by atoms with Crippen LogP contribution < -0.4 is 10.6 Å². The first-order chi connectivity index (χ1) is 5.70. The molecule has 12 heavy (non-hydrogen) atoms. The van der Waals surface area contributed by atoms with Crippen molar-refractivity contribution in [3.63, 3.8) is 0 Å². The maximum Gasteiger partial charge on any atom is 0.233 e. The van der Waals surface area contributed by atoms with Crippen molar-refractivity contribution in [2.24, 2.45) is 5.92 Å². The Labute approximate surface area is 74.9 Å². The van der Waals surface area contributed by atoms with Crippen LogP contribution in [0.4, 0.5) is 0 Å². The lowest BCUT2D eigenvalue weighted by Crippen LogP contribution is -2.33. The fourth-order valence-corrected chi connectivity index (χ4v) is 1.12. The lowest BCUT2D eigenvalue weighted by atomic mass is 10.1. The van der Waals surface area contributed by atoms with Gasteiger partial charge in [-0.1, -0.05) is 20.3 Å². The highest BCUT2D eigenvalue weighted by molar-refractivity contribution is 5.77. The lowest BCUT2D eigenvalue weighted by molar-refractivity contribution is -0.119. The van der Waals surface area contributed by atoms with Crippen molar-refractivity contribution in [1.29, 1.82) is 0 Å². The van der Waals surface area contributed by atoms with E-state index in [1.54, 1.807) is 7.05 Å². The number of rotatable bonds is 6. The minimum absolute atomic E-state index is 0.0544. The smallest absolute Gasteiger partial charge is 0.233 e. The molecule has 0 heterocycles. The highest BCUT2D eigenvalue weighted by Gasteiger charge is 2.01. The van der Waals surface area contributed by atoms with Crippen molar-refractivity contribution in [2.45, 2.75) is 26.7 Å². The quantitative estimate of drug-likeness (QED) is 0.621. The molecule has 0 bridgehead atoms. The Balaban J connectivity index is 3.24. The molecule has 0 saturated heterocycles. The number of likely N-dealkylation sites (N-methyl/N-ethyl adjacent to an activating group) is 1. The molecule has 0 fully saturated rings. The zero-order chi connectivity index (χ0) is 9.40. The molecule has 2 N–H and O–H groups in total. The molecule has 0 aromatic carbocycles. The molecule has 3 nitrogen and oxygen atoms in total. The van der Waals surface area contributed by atoms with E-state index in [9.17, 15) is 4.79 Å². The number of carbonyl (C=O) groups excluding carboxylic acids is 1. The molecule has 0 radical (unpaired) electrons. The average Bonchev–Trinajstić information content (AvgIpc) is 2.04. The standard InChI is InChI=1S/C9H20N2O/c1-4-5-8(2)6-11-7-9(12)10-3/h8,11H,4-7H2,1-3H3,(H,10,12). The van der Waals surface area contributed by atoms with Crippen LogP contribution in [0.25, 0.3) is 0 Å². The number of hydrogen-bond donors (Lipinski definition) is 2. The molecule has 0 aromatic rings. The average molecular weight is 172 g/mol. The Morgan fingerprint density at radius 2 is 2.17 bits per heavy atom. The number of hydrogen-bond acceptors (Lipinski definition) is 2. The summed E-state index contributed by atoms with van der Waals surface area (Å²) in [5.41, 5.74) is 0. The Hall–Kier alpha value is -0.570. The number of amides is 1. The summed E-state index contributed by atoms with van der Waals surface area (Å²) in [7, 11) is 1.65.